The highest BCUT2D eigenvalue weighted by Gasteiger charge is 2.40. The van der Waals surface area contributed by atoms with Crippen LogP contribution in [0.15, 0.2) is 22.9 Å². The maximum Gasteiger partial charge on any atom is 0.0410 e. The summed E-state index contributed by atoms with van der Waals surface area (Å²) in [5.74, 6) is 1.57. The SMILES string of the molecule is Cl.NC1CCC2CN(Cc3cncc(Br)c3)CC12. The van der Waals surface area contributed by atoms with E-state index >= 15 is 0 Å². The molecule has 2 heterocycles. The molecule has 3 atom stereocenters. The molecule has 1 saturated heterocycles. The molecule has 1 aliphatic carbocycles. The van der Waals surface area contributed by atoms with Crippen LogP contribution < -0.4 is 5.73 Å². The maximum absolute atomic E-state index is 6.15. The lowest BCUT2D eigenvalue weighted by Gasteiger charge is -2.18. The zero-order chi connectivity index (χ0) is 11.8. The van der Waals surface area contributed by atoms with Gasteiger partial charge < -0.3 is 5.73 Å². The Morgan fingerprint density at radius 1 is 1.33 bits per heavy atom. The van der Waals surface area contributed by atoms with Gasteiger partial charge in [-0.1, -0.05) is 0 Å². The number of fused-ring (bicyclic) bond motifs is 1. The van der Waals surface area contributed by atoms with Gasteiger partial charge in [0, 0.05) is 42.5 Å². The van der Waals surface area contributed by atoms with E-state index in [1.165, 1.54) is 31.5 Å². The molecule has 2 aliphatic rings. The summed E-state index contributed by atoms with van der Waals surface area (Å²) >= 11 is 3.47. The molecule has 1 aromatic rings. The number of nitrogens with two attached hydrogens (primary N) is 1. The molecular weight excluding hydrogens is 314 g/mol. The van der Waals surface area contributed by atoms with Crippen LogP contribution in [0.1, 0.15) is 18.4 Å². The highest BCUT2D eigenvalue weighted by Crippen LogP contribution is 2.37. The van der Waals surface area contributed by atoms with E-state index in [0.29, 0.717) is 6.04 Å². The third-order valence-electron chi connectivity index (χ3n) is 4.16. The number of hydrogen-bond acceptors (Lipinski definition) is 3. The monoisotopic (exact) mass is 331 g/mol. The van der Waals surface area contributed by atoms with Crippen LogP contribution in [-0.4, -0.2) is 29.0 Å². The first kappa shape index (κ1) is 14.3. The average molecular weight is 333 g/mol. The van der Waals surface area contributed by atoms with Crippen molar-refractivity contribution in [3.8, 4) is 0 Å². The number of aromatic nitrogens is 1. The van der Waals surface area contributed by atoms with E-state index in [-0.39, 0.29) is 12.4 Å². The first-order valence-corrected chi connectivity index (χ1v) is 7.09. The fraction of sp³-hybridized carbons (Fsp3) is 0.615. The van der Waals surface area contributed by atoms with Crippen molar-refractivity contribution in [1.29, 1.82) is 0 Å². The fourth-order valence-electron chi connectivity index (χ4n) is 3.33. The lowest BCUT2D eigenvalue weighted by Crippen LogP contribution is -2.30. The van der Waals surface area contributed by atoms with Crippen molar-refractivity contribution in [3.05, 3.63) is 28.5 Å². The predicted molar refractivity (Wildman–Crippen MR) is 78.7 cm³/mol. The van der Waals surface area contributed by atoms with E-state index in [1.807, 2.05) is 12.4 Å². The highest BCUT2D eigenvalue weighted by atomic mass is 79.9. The Morgan fingerprint density at radius 3 is 2.89 bits per heavy atom. The van der Waals surface area contributed by atoms with Crippen LogP contribution >= 0.6 is 28.3 Å². The Balaban J connectivity index is 0.00000120. The smallest absolute Gasteiger partial charge is 0.0410 e. The van der Waals surface area contributed by atoms with Gasteiger partial charge in [-0.05, 0) is 52.2 Å². The van der Waals surface area contributed by atoms with Crippen LogP contribution in [-0.2, 0) is 6.54 Å². The van der Waals surface area contributed by atoms with Gasteiger partial charge in [-0.3, -0.25) is 9.88 Å². The van der Waals surface area contributed by atoms with Gasteiger partial charge in [-0.15, -0.1) is 12.4 Å². The van der Waals surface area contributed by atoms with Crippen LogP contribution in [0.3, 0.4) is 0 Å². The van der Waals surface area contributed by atoms with Gasteiger partial charge in [-0.2, -0.15) is 0 Å². The molecule has 0 spiro atoms. The summed E-state index contributed by atoms with van der Waals surface area (Å²) in [5, 5.41) is 0. The summed E-state index contributed by atoms with van der Waals surface area (Å²) in [7, 11) is 0. The standard InChI is InChI=1S/C13H18BrN3.ClH/c14-11-3-9(4-16-5-11)6-17-7-10-1-2-13(15)12(10)8-17;/h3-5,10,12-13H,1-2,6-8,15H2;1H. The van der Waals surface area contributed by atoms with Gasteiger partial charge in [0.1, 0.15) is 0 Å². The van der Waals surface area contributed by atoms with Crippen molar-refractivity contribution in [2.24, 2.45) is 17.6 Å². The van der Waals surface area contributed by atoms with E-state index in [4.69, 9.17) is 5.73 Å². The Hall–Kier alpha value is -0.160. The minimum absolute atomic E-state index is 0. The first-order valence-electron chi connectivity index (χ1n) is 6.30. The lowest BCUT2D eigenvalue weighted by atomic mass is 9.98. The number of likely N-dealkylation sites (tertiary alicyclic amines) is 1. The van der Waals surface area contributed by atoms with Crippen molar-refractivity contribution in [2.75, 3.05) is 13.1 Å². The fourth-order valence-corrected chi connectivity index (χ4v) is 3.74. The van der Waals surface area contributed by atoms with Crippen LogP contribution in [0.25, 0.3) is 0 Å². The normalized spacial score (nSPS) is 31.1. The summed E-state index contributed by atoms with van der Waals surface area (Å²) in [6.45, 7) is 3.38. The molecule has 0 radical (unpaired) electrons. The molecule has 1 aromatic heterocycles. The van der Waals surface area contributed by atoms with Crippen molar-refractivity contribution in [3.63, 3.8) is 0 Å². The second-order valence-electron chi connectivity index (χ2n) is 5.37. The number of nitrogens with zero attached hydrogens (tertiary/aromatic N) is 2. The molecule has 18 heavy (non-hydrogen) atoms. The summed E-state index contributed by atoms with van der Waals surface area (Å²) in [6, 6.07) is 2.59. The second kappa shape index (κ2) is 5.87. The summed E-state index contributed by atoms with van der Waals surface area (Å²) in [4.78, 5) is 6.74. The van der Waals surface area contributed by atoms with Crippen LogP contribution in [0.4, 0.5) is 0 Å². The molecule has 0 aromatic carbocycles. The van der Waals surface area contributed by atoms with Crippen LogP contribution in [0.2, 0.25) is 0 Å². The van der Waals surface area contributed by atoms with Crippen LogP contribution in [0.5, 0.6) is 0 Å². The minimum Gasteiger partial charge on any atom is -0.327 e. The molecule has 3 rings (SSSR count). The van der Waals surface area contributed by atoms with E-state index < -0.39 is 0 Å². The van der Waals surface area contributed by atoms with Crippen LogP contribution in [0, 0.1) is 11.8 Å². The molecule has 3 nitrogen and oxygen atoms in total. The zero-order valence-corrected chi connectivity index (χ0v) is 12.7. The highest BCUT2D eigenvalue weighted by molar-refractivity contribution is 9.10. The molecule has 100 valence electrons. The Bertz CT molecular complexity index is 415. The van der Waals surface area contributed by atoms with E-state index in [2.05, 4.69) is 31.9 Å². The zero-order valence-electron chi connectivity index (χ0n) is 10.3. The molecule has 3 unspecified atom stereocenters. The van der Waals surface area contributed by atoms with Crippen molar-refractivity contribution < 1.29 is 0 Å². The molecule has 0 bridgehead atoms. The predicted octanol–water partition coefficient (Wildman–Crippen LogP) is 2.44. The Labute approximate surface area is 123 Å². The maximum atomic E-state index is 6.15. The lowest BCUT2D eigenvalue weighted by molar-refractivity contribution is 0.298. The quantitative estimate of drug-likeness (QED) is 0.904. The number of hydrogen-bond donors (Lipinski definition) is 1. The molecule has 5 heteroatoms. The molecule has 1 saturated carbocycles. The van der Waals surface area contributed by atoms with Gasteiger partial charge in [-0.25, -0.2) is 0 Å². The molecular formula is C13H19BrClN3. The van der Waals surface area contributed by atoms with Gasteiger partial charge >= 0.3 is 0 Å². The summed E-state index contributed by atoms with van der Waals surface area (Å²) in [5.41, 5.74) is 7.44. The average Bonchev–Trinajstić information content (AvgIpc) is 2.82. The summed E-state index contributed by atoms with van der Waals surface area (Å²) < 4.78 is 1.06. The van der Waals surface area contributed by atoms with Crippen molar-refractivity contribution >= 4 is 28.3 Å². The van der Waals surface area contributed by atoms with E-state index in [0.717, 1.165) is 22.9 Å². The van der Waals surface area contributed by atoms with Crippen molar-refractivity contribution in [2.45, 2.75) is 25.4 Å². The summed E-state index contributed by atoms with van der Waals surface area (Å²) in [6.07, 6.45) is 6.33. The van der Waals surface area contributed by atoms with E-state index in [9.17, 15) is 0 Å². The molecule has 1 aliphatic heterocycles. The Morgan fingerprint density at radius 2 is 2.17 bits per heavy atom. The van der Waals surface area contributed by atoms with Gasteiger partial charge in [0.15, 0.2) is 0 Å². The molecule has 2 fully saturated rings. The minimum atomic E-state index is 0. The third kappa shape index (κ3) is 2.87. The Kier molecular flexibility index (Phi) is 4.64. The van der Waals surface area contributed by atoms with Gasteiger partial charge in [0.05, 0.1) is 0 Å². The number of pyridine rings is 1. The largest absolute Gasteiger partial charge is 0.327 e. The number of halogens is 2. The topological polar surface area (TPSA) is 42.1 Å². The van der Waals surface area contributed by atoms with E-state index in [1.54, 1.807) is 0 Å². The third-order valence-corrected chi connectivity index (χ3v) is 4.59. The first-order chi connectivity index (χ1) is 8.22. The number of rotatable bonds is 2. The van der Waals surface area contributed by atoms with Gasteiger partial charge in [0.25, 0.3) is 0 Å². The second-order valence-corrected chi connectivity index (χ2v) is 6.29. The van der Waals surface area contributed by atoms with Crippen molar-refractivity contribution in [1.82, 2.24) is 9.88 Å². The molecule has 0 amide bonds. The van der Waals surface area contributed by atoms with Gasteiger partial charge in [0.2, 0.25) is 0 Å². The molecule has 2 N–H and O–H groups in total.